The van der Waals surface area contributed by atoms with E-state index in [1.54, 1.807) is 0 Å². The van der Waals surface area contributed by atoms with Crippen LogP contribution in [-0.2, 0) is 4.79 Å². The molecule has 3 nitrogen and oxygen atoms in total. The number of nitrogens with one attached hydrogen (secondary N) is 1. The molecule has 0 aliphatic rings. The largest absolute Gasteiger partial charge is 0.356 e. The van der Waals surface area contributed by atoms with Crippen molar-refractivity contribution in [1.29, 1.82) is 0 Å². The minimum atomic E-state index is -0.265. The monoisotopic (exact) mass is 228 g/mol. The van der Waals surface area contributed by atoms with E-state index in [2.05, 4.69) is 24.1 Å². The summed E-state index contributed by atoms with van der Waals surface area (Å²) in [5, 5.41) is 2.97. The predicted molar refractivity (Wildman–Crippen MR) is 69.5 cm³/mol. The third-order valence-corrected chi connectivity index (χ3v) is 2.76. The van der Waals surface area contributed by atoms with Crippen molar-refractivity contribution in [3.63, 3.8) is 0 Å². The van der Waals surface area contributed by atoms with Gasteiger partial charge in [-0.15, -0.1) is 0 Å². The summed E-state index contributed by atoms with van der Waals surface area (Å²) in [5.41, 5.74) is -0.265. The van der Waals surface area contributed by atoms with Gasteiger partial charge >= 0.3 is 0 Å². The van der Waals surface area contributed by atoms with Gasteiger partial charge in [-0.05, 0) is 32.5 Å². The third kappa shape index (κ3) is 6.83. The fourth-order valence-corrected chi connectivity index (χ4v) is 1.47. The van der Waals surface area contributed by atoms with E-state index in [-0.39, 0.29) is 11.3 Å². The molecular weight excluding hydrogens is 200 g/mol. The number of unbranched alkanes of at least 4 members (excludes halogenated alkanes) is 1. The van der Waals surface area contributed by atoms with Gasteiger partial charge < -0.3 is 10.2 Å². The zero-order valence-corrected chi connectivity index (χ0v) is 11.6. The molecular formula is C13H28N2O. The first-order valence-electron chi connectivity index (χ1n) is 6.42. The number of carbonyl (C=O) groups is 1. The molecule has 0 rings (SSSR count). The zero-order chi connectivity index (χ0) is 12.6. The number of carbonyl (C=O) groups excluding carboxylic acids is 1. The van der Waals surface area contributed by atoms with Gasteiger partial charge in [0.05, 0.1) is 0 Å². The van der Waals surface area contributed by atoms with E-state index in [1.165, 1.54) is 0 Å². The molecule has 0 spiro atoms. The minimum Gasteiger partial charge on any atom is -0.356 e. The van der Waals surface area contributed by atoms with Crippen molar-refractivity contribution in [3.05, 3.63) is 0 Å². The first-order valence-corrected chi connectivity index (χ1v) is 6.42. The second kappa shape index (κ2) is 7.66. The molecule has 0 bridgehead atoms. The van der Waals surface area contributed by atoms with E-state index >= 15 is 0 Å². The van der Waals surface area contributed by atoms with Gasteiger partial charge in [0.2, 0.25) is 5.91 Å². The summed E-state index contributed by atoms with van der Waals surface area (Å²) in [4.78, 5) is 14.0. The average Bonchev–Trinajstić information content (AvgIpc) is 2.21. The van der Waals surface area contributed by atoms with Crippen LogP contribution in [0.5, 0.6) is 0 Å². The third-order valence-electron chi connectivity index (χ3n) is 2.76. The SMILES string of the molecule is CCN(CC)CCCCNC(=O)C(C)(C)C. The molecule has 0 aromatic heterocycles. The molecule has 1 N–H and O–H groups in total. The Morgan fingerprint density at radius 2 is 1.69 bits per heavy atom. The van der Waals surface area contributed by atoms with Gasteiger partial charge in [-0.2, -0.15) is 0 Å². The lowest BCUT2D eigenvalue weighted by Gasteiger charge is -2.19. The van der Waals surface area contributed by atoms with E-state index < -0.39 is 0 Å². The first-order chi connectivity index (χ1) is 7.41. The Morgan fingerprint density at radius 1 is 1.12 bits per heavy atom. The van der Waals surface area contributed by atoms with Gasteiger partial charge in [-0.25, -0.2) is 0 Å². The zero-order valence-electron chi connectivity index (χ0n) is 11.6. The molecule has 0 unspecified atom stereocenters. The van der Waals surface area contributed by atoms with E-state index in [9.17, 15) is 4.79 Å². The number of hydrogen-bond donors (Lipinski definition) is 1. The summed E-state index contributed by atoms with van der Waals surface area (Å²) in [7, 11) is 0. The molecule has 16 heavy (non-hydrogen) atoms. The standard InChI is InChI=1S/C13H28N2O/c1-6-15(7-2)11-9-8-10-14-12(16)13(3,4)5/h6-11H2,1-5H3,(H,14,16). The Bertz CT molecular complexity index is 193. The normalized spacial score (nSPS) is 11.9. The van der Waals surface area contributed by atoms with Crippen LogP contribution in [0.3, 0.4) is 0 Å². The van der Waals surface area contributed by atoms with Crippen molar-refractivity contribution in [1.82, 2.24) is 10.2 Å². The van der Waals surface area contributed by atoms with E-state index in [0.29, 0.717) is 0 Å². The Morgan fingerprint density at radius 3 is 2.12 bits per heavy atom. The van der Waals surface area contributed by atoms with Crippen molar-refractivity contribution in [3.8, 4) is 0 Å². The lowest BCUT2D eigenvalue weighted by Crippen LogP contribution is -2.35. The van der Waals surface area contributed by atoms with Crippen LogP contribution < -0.4 is 5.32 Å². The second-order valence-corrected chi connectivity index (χ2v) is 5.24. The van der Waals surface area contributed by atoms with Crippen LogP contribution in [0.2, 0.25) is 0 Å². The molecule has 96 valence electrons. The highest BCUT2D eigenvalue weighted by molar-refractivity contribution is 5.81. The van der Waals surface area contributed by atoms with Crippen molar-refractivity contribution in [2.45, 2.75) is 47.5 Å². The first kappa shape index (κ1) is 15.4. The molecule has 0 aliphatic carbocycles. The number of amides is 1. The topological polar surface area (TPSA) is 32.3 Å². The molecule has 0 aromatic carbocycles. The van der Waals surface area contributed by atoms with Crippen molar-refractivity contribution in [2.24, 2.45) is 5.41 Å². The maximum atomic E-state index is 11.6. The van der Waals surface area contributed by atoms with Gasteiger partial charge in [0, 0.05) is 12.0 Å². The van der Waals surface area contributed by atoms with Crippen LogP contribution in [0.15, 0.2) is 0 Å². The van der Waals surface area contributed by atoms with Gasteiger partial charge in [0.25, 0.3) is 0 Å². The van der Waals surface area contributed by atoms with Crippen LogP contribution in [-0.4, -0.2) is 37.0 Å². The van der Waals surface area contributed by atoms with Gasteiger partial charge in [0.15, 0.2) is 0 Å². The Balaban J connectivity index is 3.51. The minimum absolute atomic E-state index is 0.148. The highest BCUT2D eigenvalue weighted by Gasteiger charge is 2.19. The van der Waals surface area contributed by atoms with Crippen LogP contribution in [0, 0.1) is 5.41 Å². The molecule has 0 aliphatic heterocycles. The summed E-state index contributed by atoms with van der Waals surface area (Å²) >= 11 is 0. The molecule has 0 aromatic rings. The molecule has 0 atom stereocenters. The molecule has 3 heteroatoms. The van der Waals surface area contributed by atoms with Crippen molar-refractivity contribution >= 4 is 5.91 Å². The maximum absolute atomic E-state index is 11.6. The summed E-state index contributed by atoms with van der Waals surface area (Å²) in [6.07, 6.45) is 2.23. The fraction of sp³-hybridized carbons (Fsp3) is 0.923. The lowest BCUT2D eigenvalue weighted by atomic mass is 9.96. The lowest BCUT2D eigenvalue weighted by molar-refractivity contribution is -0.128. The number of rotatable bonds is 7. The quantitative estimate of drug-likeness (QED) is 0.678. The molecule has 0 radical (unpaired) electrons. The molecule has 0 fully saturated rings. The second-order valence-electron chi connectivity index (χ2n) is 5.24. The predicted octanol–water partition coefficient (Wildman–Crippen LogP) is 2.27. The summed E-state index contributed by atoms with van der Waals surface area (Å²) < 4.78 is 0. The maximum Gasteiger partial charge on any atom is 0.225 e. The number of nitrogens with zero attached hydrogens (tertiary/aromatic N) is 1. The van der Waals surface area contributed by atoms with Crippen LogP contribution in [0.1, 0.15) is 47.5 Å². The molecule has 0 heterocycles. The van der Waals surface area contributed by atoms with Crippen LogP contribution in [0.25, 0.3) is 0 Å². The summed E-state index contributed by atoms with van der Waals surface area (Å²) in [5.74, 6) is 0.148. The van der Waals surface area contributed by atoms with Gasteiger partial charge in [0.1, 0.15) is 0 Å². The smallest absolute Gasteiger partial charge is 0.225 e. The van der Waals surface area contributed by atoms with Crippen molar-refractivity contribution < 1.29 is 4.79 Å². The van der Waals surface area contributed by atoms with E-state index in [1.807, 2.05) is 20.8 Å². The van der Waals surface area contributed by atoms with Crippen molar-refractivity contribution in [2.75, 3.05) is 26.2 Å². The van der Waals surface area contributed by atoms with Gasteiger partial charge in [-0.3, -0.25) is 4.79 Å². The average molecular weight is 228 g/mol. The highest BCUT2D eigenvalue weighted by atomic mass is 16.2. The fourth-order valence-electron chi connectivity index (χ4n) is 1.47. The molecule has 0 saturated carbocycles. The van der Waals surface area contributed by atoms with Crippen LogP contribution in [0.4, 0.5) is 0 Å². The summed E-state index contributed by atoms with van der Waals surface area (Å²) in [6, 6.07) is 0. The van der Waals surface area contributed by atoms with E-state index in [0.717, 1.165) is 39.0 Å². The molecule has 1 amide bonds. The number of hydrogen-bond acceptors (Lipinski definition) is 2. The van der Waals surface area contributed by atoms with E-state index in [4.69, 9.17) is 0 Å². The van der Waals surface area contributed by atoms with Gasteiger partial charge in [-0.1, -0.05) is 34.6 Å². The Kier molecular flexibility index (Phi) is 7.39. The Hall–Kier alpha value is -0.570. The summed E-state index contributed by atoms with van der Waals surface area (Å²) in [6.45, 7) is 14.4. The highest BCUT2D eigenvalue weighted by Crippen LogP contribution is 2.12. The Labute approximate surface area is 101 Å². The molecule has 0 saturated heterocycles. The van der Waals surface area contributed by atoms with Crippen LogP contribution >= 0.6 is 0 Å².